The van der Waals surface area contributed by atoms with E-state index in [4.69, 9.17) is 17.0 Å². The lowest BCUT2D eigenvalue weighted by atomic mass is 10.2. The maximum absolute atomic E-state index is 12.6. The molecule has 1 atom stereocenters. The van der Waals surface area contributed by atoms with E-state index in [0.717, 1.165) is 26.3 Å². The van der Waals surface area contributed by atoms with E-state index in [1.165, 1.54) is 11.8 Å². The van der Waals surface area contributed by atoms with Crippen molar-refractivity contribution in [3.05, 3.63) is 24.3 Å². The quantitative estimate of drug-likeness (QED) is 0.850. The van der Waals surface area contributed by atoms with Gasteiger partial charge in [0.25, 0.3) is 0 Å². The van der Waals surface area contributed by atoms with Crippen LogP contribution < -0.4 is 4.90 Å². The topological polar surface area (TPSA) is 53.0 Å². The summed E-state index contributed by atoms with van der Waals surface area (Å²) in [6.07, 6.45) is 0. The van der Waals surface area contributed by atoms with Gasteiger partial charge >= 0.3 is 0 Å². The highest BCUT2D eigenvalue weighted by Gasteiger charge is 2.38. The Bertz CT molecular complexity index is 544. The first-order valence-corrected chi connectivity index (χ1v) is 8.07. The minimum Gasteiger partial charge on any atom is -0.508 e. The van der Waals surface area contributed by atoms with Crippen molar-refractivity contribution in [1.29, 1.82) is 0 Å². The standard InChI is InChI=1S/C14H16N2O3S2/c17-11-3-1-10(2-4-11)16-13(18)12(21-14(16)20)9-15-5-7-19-8-6-15/h1-4,12,17H,5-9H2. The summed E-state index contributed by atoms with van der Waals surface area (Å²) in [4.78, 5) is 16.4. The normalized spacial score (nSPS) is 23.8. The largest absolute Gasteiger partial charge is 0.508 e. The summed E-state index contributed by atoms with van der Waals surface area (Å²) >= 11 is 6.78. The van der Waals surface area contributed by atoms with E-state index in [9.17, 15) is 9.90 Å². The fourth-order valence-corrected chi connectivity index (χ4v) is 4.01. The van der Waals surface area contributed by atoms with Crippen LogP contribution in [0.15, 0.2) is 24.3 Å². The van der Waals surface area contributed by atoms with Crippen molar-refractivity contribution < 1.29 is 14.6 Å². The number of anilines is 1. The average molecular weight is 324 g/mol. The number of phenols is 1. The van der Waals surface area contributed by atoms with E-state index < -0.39 is 0 Å². The number of thioether (sulfide) groups is 1. The Morgan fingerprint density at radius 1 is 1.29 bits per heavy atom. The second kappa shape index (κ2) is 6.31. The summed E-state index contributed by atoms with van der Waals surface area (Å²) in [5.74, 6) is 0.191. The number of ether oxygens (including phenoxy) is 1. The molecular formula is C14H16N2O3S2. The minimum atomic E-state index is -0.163. The van der Waals surface area contributed by atoms with E-state index in [1.54, 1.807) is 29.2 Å². The number of hydrogen-bond acceptors (Lipinski definition) is 6. The molecule has 1 aromatic rings. The molecule has 0 bridgehead atoms. The van der Waals surface area contributed by atoms with Crippen LogP contribution in [0.2, 0.25) is 0 Å². The summed E-state index contributed by atoms with van der Waals surface area (Å²) < 4.78 is 5.89. The van der Waals surface area contributed by atoms with Gasteiger partial charge in [-0.3, -0.25) is 14.6 Å². The lowest BCUT2D eigenvalue weighted by Gasteiger charge is -2.27. The molecule has 7 heteroatoms. The van der Waals surface area contributed by atoms with E-state index in [0.29, 0.717) is 16.6 Å². The minimum absolute atomic E-state index is 0.0159. The van der Waals surface area contributed by atoms with Crippen LogP contribution in [0.25, 0.3) is 0 Å². The maximum Gasteiger partial charge on any atom is 0.247 e. The number of amides is 1. The van der Waals surface area contributed by atoms with Crippen LogP contribution in [0.3, 0.4) is 0 Å². The number of rotatable bonds is 3. The van der Waals surface area contributed by atoms with Gasteiger partial charge in [-0.25, -0.2) is 0 Å². The molecule has 2 fully saturated rings. The first-order valence-electron chi connectivity index (χ1n) is 6.79. The number of benzene rings is 1. The molecule has 1 aromatic carbocycles. The molecule has 1 amide bonds. The predicted octanol–water partition coefficient (Wildman–Crippen LogP) is 1.46. The van der Waals surface area contributed by atoms with Crippen LogP contribution in [-0.4, -0.2) is 58.3 Å². The first kappa shape index (κ1) is 14.8. The van der Waals surface area contributed by atoms with Gasteiger partial charge in [0.05, 0.1) is 18.9 Å². The number of morpholine rings is 1. The molecule has 112 valence electrons. The first-order chi connectivity index (χ1) is 10.1. The van der Waals surface area contributed by atoms with Crippen LogP contribution in [0.1, 0.15) is 0 Å². The van der Waals surface area contributed by atoms with Crippen molar-refractivity contribution in [2.75, 3.05) is 37.7 Å². The van der Waals surface area contributed by atoms with Gasteiger partial charge in [0.15, 0.2) is 0 Å². The second-order valence-electron chi connectivity index (χ2n) is 4.98. The van der Waals surface area contributed by atoms with Crippen LogP contribution in [-0.2, 0) is 9.53 Å². The highest BCUT2D eigenvalue weighted by Crippen LogP contribution is 2.33. The van der Waals surface area contributed by atoms with Gasteiger partial charge in [-0.1, -0.05) is 24.0 Å². The molecule has 2 aliphatic rings. The predicted molar refractivity (Wildman–Crippen MR) is 86.8 cm³/mol. The molecule has 2 saturated heterocycles. The average Bonchev–Trinajstić information content (AvgIpc) is 2.76. The zero-order chi connectivity index (χ0) is 14.8. The number of carbonyl (C=O) groups excluding carboxylic acids is 1. The highest BCUT2D eigenvalue weighted by molar-refractivity contribution is 8.25. The Morgan fingerprint density at radius 2 is 1.95 bits per heavy atom. The molecule has 0 spiro atoms. The van der Waals surface area contributed by atoms with Gasteiger partial charge in [-0.05, 0) is 24.3 Å². The third-order valence-electron chi connectivity index (χ3n) is 3.56. The van der Waals surface area contributed by atoms with E-state index in [1.807, 2.05) is 0 Å². The molecule has 21 heavy (non-hydrogen) atoms. The lowest BCUT2D eigenvalue weighted by molar-refractivity contribution is -0.117. The summed E-state index contributed by atoms with van der Waals surface area (Å²) in [5.41, 5.74) is 0.708. The third-order valence-corrected chi connectivity index (χ3v) is 5.05. The summed E-state index contributed by atoms with van der Waals surface area (Å²) in [6.45, 7) is 3.85. The van der Waals surface area contributed by atoms with Crippen LogP contribution >= 0.6 is 24.0 Å². The molecule has 0 aromatic heterocycles. The van der Waals surface area contributed by atoms with Crippen molar-refractivity contribution in [2.24, 2.45) is 0 Å². The van der Waals surface area contributed by atoms with Gasteiger partial charge < -0.3 is 9.84 Å². The van der Waals surface area contributed by atoms with Gasteiger partial charge in [0, 0.05) is 19.6 Å². The Kier molecular flexibility index (Phi) is 4.44. The molecule has 2 aliphatic heterocycles. The second-order valence-corrected chi connectivity index (χ2v) is 6.81. The molecule has 2 heterocycles. The maximum atomic E-state index is 12.6. The Balaban J connectivity index is 1.71. The molecule has 5 nitrogen and oxygen atoms in total. The van der Waals surface area contributed by atoms with Crippen molar-refractivity contribution >= 4 is 39.9 Å². The van der Waals surface area contributed by atoms with E-state index in [-0.39, 0.29) is 16.9 Å². The monoisotopic (exact) mass is 324 g/mol. The summed E-state index contributed by atoms with van der Waals surface area (Å²) in [5, 5.41) is 9.18. The van der Waals surface area contributed by atoms with Crippen LogP contribution in [0.5, 0.6) is 5.75 Å². The van der Waals surface area contributed by atoms with Crippen molar-refractivity contribution in [3.63, 3.8) is 0 Å². The summed E-state index contributed by atoms with van der Waals surface area (Å²) in [6, 6.07) is 6.53. The Labute approximate surface area is 132 Å². The van der Waals surface area contributed by atoms with Gasteiger partial charge in [-0.2, -0.15) is 0 Å². The van der Waals surface area contributed by atoms with Crippen molar-refractivity contribution in [3.8, 4) is 5.75 Å². The smallest absolute Gasteiger partial charge is 0.247 e. The van der Waals surface area contributed by atoms with Crippen LogP contribution in [0.4, 0.5) is 5.69 Å². The SMILES string of the molecule is O=C1C(CN2CCOCC2)SC(=S)N1c1ccc(O)cc1. The number of phenolic OH excluding ortho intramolecular Hbond substituents is 1. The number of aromatic hydroxyl groups is 1. The van der Waals surface area contributed by atoms with Crippen molar-refractivity contribution in [1.82, 2.24) is 4.90 Å². The fraction of sp³-hybridized carbons (Fsp3) is 0.429. The third kappa shape index (κ3) is 3.21. The molecule has 0 saturated carbocycles. The zero-order valence-corrected chi connectivity index (χ0v) is 13.0. The van der Waals surface area contributed by atoms with Crippen LogP contribution in [0, 0.1) is 0 Å². The number of thiocarbonyl (C=S) groups is 1. The van der Waals surface area contributed by atoms with E-state index >= 15 is 0 Å². The Morgan fingerprint density at radius 3 is 2.62 bits per heavy atom. The van der Waals surface area contributed by atoms with Crippen molar-refractivity contribution in [2.45, 2.75) is 5.25 Å². The van der Waals surface area contributed by atoms with Gasteiger partial charge in [0.2, 0.25) is 5.91 Å². The number of hydrogen-bond donors (Lipinski definition) is 1. The molecule has 0 radical (unpaired) electrons. The molecule has 3 rings (SSSR count). The molecule has 1 unspecified atom stereocenters. The molecular weight excluding hydrogens is 308 g/mol. The zero-order valence-electron chi connectivity index (χ0n) is 11.4. The molecule has 1 N–H and O–H groups in total. The highest BCUT2D eigenvalue weighted by atomic mass is 32.2. The fourth-order valence-electron chi connectivity index (χ4n) is 2.43. The molecule has 0 aliphatic carbocycles. The summed E-state index contributed by atoms with van der Waals surface area (Å²) in [7, 11) is 0. The van der Waals surface area contributed by atoms with Gasteiger partial charge in [0.1, 0.15) is 15.3 Å². The lowest BCUT2D eigenvalue weighted by Crippen LogP contribution is -2.43. The number of carbonyl (C=O) groups is 1. The van der Waals surface area contributed by atoms with Gasteiger partial charge in [-0.15, -0.1) is 0 Å². The Hall–Kier alpha value is -1.15. The van der Waals surface area contributed by atoms with E-state index in [2.05, 4.69) is 4.90 Å². The number of nitrogens with zero attached hydrogens (tertiary/aromatic N) is 2.